The van der Waals surface area contributed by atoms with Gasteiger partial charge in [-0.3, -0.25) is 9.13 Å². The summed E-state index contributed by atoms with van der Waals surface area (Å²) in [7, 11) is -4.35. The third-order valence-corrected chi connectivity index (χ3v) is 14.3. The van der Waals surface area contributed by atoms with E-state index in [2.05, 4.69) is 40.3 Å². The van der Waals surface area contributed by atoms with Gasteiger partial charge in [0.1, 0.15) is 46.2 Å². The van der Waals surface area contributed by atoms with Crippen molar-refractivity contribution in [3.63, 3.8) is 0 Å². The molecule has 0 amide bonds. The van der Waals surface area contributed by atoms with Gasteiger partial charge in [0.15, 0.2) is 54.5 Å². The van der Waals surface area contributed by atoms with E-state index in [1.807, 2.05) is 24.3 Å². The van der Waals surface area contributed by atoms with Crippen molar-refractivity contribution < 1.29 is 43.9 Å². The van der Waals surface area contributed by atoms with E-state index in [1.165, 1.54) is 14.2 Å². The number of sulfone groups is 2. The summed E-state index contributed by atoms with van der Waals surface area (Å²) in [5.41, 5.74) is 1.16. The van der Waals surface area contributed by atoms with Crippen molar-refractivity contribution >= 4 is 19.7 Å². The predicted molar refractivity (Wildman–Crippen MR) is 236 cm³/mol. The SMILES string of the molecule is COc1ccccc1-n1c(CS(=O)(=O)[C@@H](C)Cc2ncc(F)cn2)nnc1-c1ccc(C)o1.COc1ccccc1-n1c(CS(=O)(=O)[C@H](C)Cc2ncc(F)cn2)nnc1-c1ccc(C)o1. The third kappa shape index (κ3) is 10.7. The number of methoxy groups -OCH3 is 2. The van der Waals surface area contributed by atoms with Gasteiger partial charge in [-0.05, 0) is 76.2 Å². The molecular formula is C44H44F2N10O8S2. The van der Waals surface area contributed by atoms with Crippen LogP contribution in [0.4, 0.5) is 8.78 Å². The van der Waals surface area contributed by atoms with Crippen molar-refractivity contribution in [1.82, 2.24) is 49.5 Å². The summed E-state index contributed by atoms with van der Waals surface area (Å²) < 4.78 is 105. The quantitative estimate of drug-likeness (QED) is 0.0989. The van der Waals surface area contributed by atoms with Crippen LogP contribution < -0.4 is 9.47 Å². The van der Waals surface area contributed by atoms with Crippen molar-refractivity contribution in [2.75, 3.05) is 14.2 Å². The normalized spacial score (nSPS) is 12.6. The number of hydrogen-bond donors (Lipinski definition) is 0. The van der Waals surface area contributed by atoms with Crippen molar-refractivity contribution in [1.29, 1.82) is 0 Å². The van der Waals surface area contributed by atoms with Crippen LogP contribution >= 0.6 is 0 Å². The van der Waals surface area contributed by atoms with Gasteiger partial charge in [0.05, 0.1) is 60.9 Å². The zero-order chi connectivity index (χ0) is 47.2. The number of aryl methyl sites for hydroxylation is 2. The molecule has 0 spiro atoms. The van der Waals surface area contributed by atoms with E-state index in [0.29, 0.717) is 57.6 Å². The molecule has 6 aromatic heterocycles. The number of hydrogen-bond acceptors (Lipinski definition) is 16. The van der Waals surface area contributed by atoms with Gasteiger partial charge in [-0.25, -0.2) is 45.6 Å². The Kier molecular flexibility index (Phi) is 14.1. The van der Waals surface area contributed by atoms with Gasteiger partial charge in [0.2, 0.25) is 11.6 Å². The maximum Gasteiger partial charge on any atom is 0.204 e. The van der Waals surface area contributed by atoms with E-state index >= 15 is 0 Å². The molecule has 0 bridgehead atoms. The fourth-order valence-electron chi connectivity index (χ4n) is 6.69. The lowest BCUT2D eigenvalue weighted by Gasteiger charge is -2.15. The van der Waals surface area contributed by atoms with E-state index in [-0.39, 0.29) is 47.6 Å². The predicted octanol–water partition coefficient (Wildman–Crippen LogP) is 6.64. The Morgan fingerprint density at radius 3 is 1.26 bits per heavy atom. The van der Waals surface area contributed by atoms with Gasteiger partial charge in [-0.15, -0.1) is 20.4 Å². The van der Waals surface area contributed by atoms with Gasteiger partial charge in [-0.2, -0.15) is 0 Å². The fourth-order valence-corrected chi connectivity index (χ4v) is 9.15. The van der Waals surface area contributed by atoms with Crippen LogP contribution in [0.2, 0.25) is 0 Å². The van der Waals surface area contributed by atoms with E-state index in [0.717, 1.165) is 24.8 Å². The number of furan rings is 2. The van der Waals surface area contributed by atoms with Crippen LogP contribution in [0.1, 0.15) is 48.7 Å². The highest BCUT2D eigenvalue weighted by Crippen LogP contribution is 2.33. The van der Waals surface area contributed by atoms with Crippen molar-refractivity contribution in [3.8, 4) is 46.0 Å². The minimum Gasteiger partial charge on any atom is -0.495 e. The number of rotatable bonds is 16. The lowest BCUT2D eigenvalue weighted by atomic mass is 10.2. The Morgan fingerprint density at radius 1 is 0.561 bits per heavy atom. The highest BCUT2D eigenvalue weighted by Gasteiger charge is 2.30. The van der Waals surface area contributed by atoms with Crippen LogP contribution in [-0.2, 0) is 44.0 Å². The van der Waals surface area contributed by atoms with Crippen molar-refractivity contribution in [2.24, 2.45) is 0 Å². The maximum absolute atomic E-state index is 13.2. The second kappa shape index (κ2) is 19.9. The van der Waals surface area contributed by atoms with Crippen LogP contribution in [0.3, 0.4) is 0 Å². The van der Waals surface area contributed by atoms with Gasteiger partial charge in [-0.1, -0.05) is 24.3 Å². The van der Waals surface area contributed by atoms with Gasteiger partial charge in [0, 0.05) is 12.8 Å². The van der Waals surface area contributed by atoms with Crippen molar-refractivity contribution in [3.05, 3.63) is 144 Å². The molecule has 0 saturated heterocycles. The average Bonchev–Trinajstić information content (AvgIpc) is 4.12. The molecule has 344 valence electrons. The summed E-state index contributed by atoms with van der Waals surface area (Å²) in [6, 6.07) is 21.4. The number of benzene rings is 2. The molecule has 8 aromatic rings. The van der Waals surface area contributed by atoms with E-state index in [1.54, 1.807) is 85.4 Å². The fraction of sp³-hybridized carbons (Fsp3) is 0.273. The van der Waals surface area contributed by atoms with Crippen molar-refractivity contribution in [2.45, 2.75) is 62.5 Å². The Hall–Kier alpha value is -7.20. The molecule has 0 fully saturated rings. The second-order valence-electron chi connectivity index (χ2n) is 15.0. The summed E-state index contributed by atoms with van der Waals surface area (Å²) in [4.78, 5) is 15.4. The largest absolute Gasteiger partial charge is 0.495 e. The average molecular weight is 943 g/mol. The first kappa shape index (κ1) is 46.8. The molecule has 0 aliphatic rings. The lowest BCUT2D eigenvalue weighted by Crippen LogP contribution is -2.24. The molecule has 0 aliphatic carbocycles. The Balaban J connectivity index is 0.000000196. The van der Waals surface area contributed by atoms with Gasteiger partial charge in [0.25, 0.3) is 0 Å². The van der Waals surface area contributed by atoms with E-state index < -0.39 is 41.8 Å². The van der Waals surface area contributed by atoms with Crippen LogP contribution in [-0.4, -0.2) is 91.0 Å². The summed E-state index contributed by atoms with van der Waals surface area (Å²) >= 11 is 0. The Labute approximate surface area is 378 Å². The minimum atomic E-state index is -3.70. The smallest absolute Gasteiger partial charge is 0.204 e. The third-order valence-electron chi connectivity index (χ3n) is 10.2. The summed E-state index contributed by atoms with van der Waals surface area (Å²) in [5, 5.41) is 15.1. The van der Waals surface area contributed by atoms with Gasteiger partial charge >= 0.3 is 0 Å². The molecule has 22 heteroatoms. The maximum atomic E-state index is 13.2. The number of ether oxygens (including phenoxy) is 2. The van der Waals surface area contributed by atoms with Gasteiger partial charge < -0.3 is 18.3 Å². The first-order chi connectivity index (χ1) is 31.6. The Morgan fingerprint density at radius 2 is 0.924 bits per heavy atom. The molecule has 0 unspecified atom stereocenters. The molecule has 0 radical (unpaired) electrons. The molecule has 0 aliphatic heterocycles. The summed E-state index contributed by atoms with van der Waals surface area (Å²) in [5.74, 6) is 2.95. The van der Waals surface area contributed by atoms with E-state index in [9.17, 15) is 25.6 Å². The molecule has 2 aromatic carbocycles. The standard InChI is InChI=1S/2C22H22FN5O4S/c2*1-14-8-9-19(32-14)22-27-26-21(28(22)17-6-4-5-7-18(17)31-3)13-33(29,30)15(2)10-20-24-11-16(23)12-25-20/h2*4-9,11-12,15H,10,13H2,1-3H3/t2*15-/m10/s1. The zero-order valence-electron chi connectivity index (χ0n) is 36.5. The highest BCUT2D eigenvalue weighted by atomic mass is 32.2. The monoisotopic (exact) mass is 942 g/mol. The minimum absolute atomic E-state index is 0.0373. The molecule has 6 heterocycles. The molecule has 0 N–H and O–H groups in total. The lowest BCUT2D eigenvalue weighted by molar-refractivity contribution is 0.412. The molecule has 8 rings (SSSR count). The number of aromatic nitrogens is 10. The van der Waals surface area contributed by atoms with E-state index in [4.69, 9.17) is 18.3 Å². The first-order valence-electron chi connectivity index (χ1n) is 20.2. The highest BCUT2D eigenvalue weighted by molar-refractivity contribution is 7.91. The number of para-hydroxylation sites is 4. The first-order valence-corrected chi connectivity index (χ1v) is 23.6. The van der Waals surface area contributed by atoms with Crippen LogP contribution in [0.15, 0.2) is 106 Å². The summed E-state index contributed by atoms with van der Waals surface area (Å²) in [6.07, 6.45) is 4.12. The van der Waals surface area contributed by atoms with Crippen LogP contribution in [0.25, 0.3) is 34.5 Å². The molecule has 0 saturated carbocycles. The topological polar surface area (TPSA) is 226 Å². The molecule has 66 heavy (non-hydrogen) atoms. The second-order valence-corrected chi connectivity index (χ2v) is 19.8. The van der Waals surface area contributed by atoms with Crippen LogP contribution in [0.5, 0.6) is 11.5 Å². The van der Waals surface area contributed by atoms with Crippen LogP contribution in [0, 0.1) is 25.5 Å². The zero-order valence-corrected chi connectivity index (χ0v) is 38.2. The number of halogens is 2. The molecule has 18 nitrogen and oxygen atoms in total. The Bertz CT molecular complexity index is 2940. The molecular weight excluding hydrogens is 899 g/mol. The molecule has 2 atom stereocenters. The summed E-state index contributed by atoms with van der Waals surface area (Å²) in [6.45, 7) is 6.72. The number of nitrogens with zero attached hydrogens (tertiary/aromatic N) is 10.